The summed E-state index contributed by atoms with van der Waals surface area (Å²) >= 11 is 0. The van der Waals surface area contributed by atoms with Crippen molar-refractivity contribution in [1.82, 2.24) is 5.32 Å². The predicted octanol–water partition coefficient (Wildman–Crippen LogP) is 1.35. The molecular weight excluding hydrogens is 124 g/mol. The van der Waals surface area contributed by atoms with Gasteiger partial charge in [-0.15, -0.1) is 0 Å². The molecule has 0 aromatic heterocycles. The number of aliphatic imine (C=N–C) groups is 1. The fourth-order valence-corrected chi connectivity index (χ4v) is 1.04. The van der Waals surface area contributed by atoms with Crippen LogP contribution in [0.2, 0.25) is 0 Å². The van der Waals surface area contributed by atoms with Gasteiger partial charge in [0.05, 0.1) is 11.4 Å². The van der Waals surface area contributed by atoms with Crippen molar-refractivity contribution in [1.29, 1.82) is 0 Å². The molecule has 0 saturated carbocycles. The van der Waals surface area contributed by atoms with E-state index < -0.39 is 0 Å². The lowest BCUT2D eigenvalue weighted by Crippen LogP contribution is -2.11. The lowest BCUT2D eigenvalue weighted by atomic mass is 10.2. The maximum absolute atomic E-state index is 4.21. The smallest absolute Gasteiger partial charge is 0.0857 e. The molecule has 2 aliphatic heterocycles. The van der Waals surface area contributed by atoms with Crippen LogP contribution in [0, 0.1) is 0 Å². The van der Waals surface area contributed by atoms with Crippen LogP contribution in [0.3, 0.4) is 0 Å². The molecule has 2 heterocycles. The molecule has 2 nitrogen and oxygen atoms in total. The topological polar surface area (TPSA) is 24.4 Å². The Labute approximate surface area is 59.7 Å². The molecule has 1 N–H and O–H groups in total. The van der Waals surface area contributed by atoms with Gasteiger partial charge in [-0.25, -0.2) is 0 Å². The Balaban J connectivity index is 2.39. The number of nitrogens with zero attached hydrogens (tertiary/aromatic N) is 1. The van der Waals surface area contributed by atoms with Crippen LogP contribution in [0.5, 0.6) is 0 Å². The largest absolute Gasteiger partial charge is 0.360 e. The van der Waals surface area contributed by atoms with Crippen LogP contribution in [0.15, 0.2) is 40.8 Å². The molecular formula is C8H8N2. The van der Waals surface area contributed by atoms with Gasteiger partial charge in [0.2, 0.25) is 0 Å². The Morgan fingerprint density at radius 1 is 1.50 bits per heavy atom. The first-order valence-electron chi connectivity index (χ1n) is 3.33. The first-order chi connectivity index (χ1) is 4.97. The summed E-state index contributed by atoms with van der Waals surface area (Å²) in [5.41, 5.74) is 2.17. The van der Waals surface area contributed by atoms with Crippen molar-refractivity contribution in [2.75, 3.05) is 0 Å². The van der Waals surface area contributed by atoms with Gasteiger partial charge in [-0.1, -0.05) is 6.08 Å². The summed E-state index contributed by atoms with van der Waals surface area (Å²) in [5.74, 6) is 0. The maximum atomic E-state index is 4.21. The lowest BCUT2D eigenvalue weighted by molar-refractivity contribution is 1.01. The summed E-state index contributed by atoms with van der Waals surface area (Å²) in [6.45, 7) is 0. The molecule has 2 heteroatoms. The van der Waals surface area contributed by atoms with Gasteiger partial charge in [-0.3, -0.25) is 4.99 Å². The quantitative estimate of drug-likeness (QED) is 0.528. The van der Waals surface area contributed by atoms with Crippen molar-refractivity contribution in [3.63, 3.8) is 0 Å². The minimum absolute atomic E-state index is 0.938. The minimum atomic E-state index is 0.938. The van der Waals surface area contributed by atoms with E-state index in [9.17, 15) is 0 Å². The van der Waals surface area contributed by atoms with Crippen LogP contribution < -0.4 is 5.32 Å². The monoisotopic (exact) mass is 132 g/mol. The molecule has 0 fully saturated rings. The fraction of sp³-hybridized carbons (Fsp3) is 0.125. The van der Waals surface area contributed by atoms with Crippen LogP contribution in [-0.2, 0) is 0 Å². The highest BCUT2D eigenvalue weighted by Crippen LogP contribution is 2.15. The number of nitrogens with one attached hydrogen (secondary N) is 1. The van der Waals surface area contributed by atoms with E-state index in [2.05, 4.69) is 16.4 Å². The lowest BCUT2D eigenvalue weighted by Gasteiger charge is -2.13. The van der Waals surface area contributed by atoms with Gasteiger partial charge in [-0.05, 0) is 12.2 Å². The van der Waals surface area contributed by atoms with Gasteiger partial charge < -0.3 is 5.32 Å². The zero-order valence-electron chi connectivity index (χ0n) is 5.54. The number of rotatable bonds is 0. The van der Waals surface area contributed by atoms with E-state index in [1.54, 1.807) is 0 Å². The summed E-state index contributed by atoms with van der Waals surface area (Å²) in [6.07, 6.45) is 10.8. The molecule has 10 heavy (non-hydrogen) atoms. The van der Waals surface area contributed by atoms with E-state index in [4.69, 9.17) is 0 Å². The second-order valence-electron chi connectivity index (χ2n) is 2.22. The molecule has 0 aromatic carbocycles. The van der Waals surface area contributed by atoms with Gasteiger partial charge >= 0.3 is 0 Å². The fourth-order valence-electron chi connectivity index (χ4n) is 1.04. The van der Waals surface area contributed by atoms with Crippen molar-refractivity contribution in [3.05, 3.63) is 35.8 Å². The summed E-state index contributed by atoms with van der Waals surface area (Å²) < 4.78 is 0. The second-order valence-corrected chi connectivity index (χ2v) is 2.22. The number of hydrogen-bond donors (Lipinski definition) is 1. The molecule has 0 aromatic rings. The molecule has 50 valence electrons. The number of dihydropyridines is 2. The second kappa shape index (κ2) is 2.14. The SMILES string of the molecule is C1=CNC2=CCC=NC2=C1. The molecule has 0 saturated heterocycles. The molecule has 0 spiro atoms. The molecule has 0 amide bonds. The summed E-state index contributed by atoms with van der Waals surface area (Å²) in [4.78, 5) is 4.21. The highest BCUT2D eigenvalue weighted by molar-refractivity contribution is 5.66. The van der Waals surface area contributed by atoms with Crippen molar-refractivity contribution < 1.29 is 0 Å². The Morgan fingerprint density at radius 2 is 2.50 bits per heavy atom. The van der Waals surface area contributed by atoms with E-state index in [1.165, 1.54) is 0 Å². The van der Waals surface area contributed by atoms with E-state index in [0.717, 1.165) is 17.8 Å². The van der Waals surface area contributed by atoms with Gasteiger partial charge in [0.25, 0.3) is 0 Å². The van der Waals surface area contributed by atoms with Crippen LogP contribution in [0.25, 0.3) is 0 Å². The van der Waals surface area contributed by atoms with Crippen molar-refractivity contribution >= 4 is 6.21 Å². The molecule has 2 rings (SSSR count). The van der Waals surface area contributed by atoms with Crippen molar-refractivity contribution in [3.8, 4) is 0 Å². The molecule has 0 atom stereocenters. The Bertz CT molecular complexity index is 256. The summed E-state index contributed by atoms with van der Waals surface area (Å²) in [7, 11) is 0. The predicted molar refractivity (Wildman–Crippen MR) is 41.6 cm³/mol. The summed E-state index contributed by atoms with van der Waals surface area (Å²) in [5, 5.41) is 3.12. The minimum Gasteiger partial charge on any atom is -0.360 e. The first kappa shape index (κ1) is 5.47. The van der Waals surface area contributed by atoms with Crippen molar-refractivity contribution in [2.45, 2.75) is 6.42 Å². The van der Waals surface area contributed by atoms with E-state index in [-0.39, 0.29) is 0 Å². The van der Waals surface area contributed by atoms with Gasteiger partial charge in [0.15, 0.2) is 0 Å². The van der Waals surface area contributed by atoms with Gasteiger partial charge in [0.1, 0.15) is 0 Å². The highest BCUT2D eigenvalue weighted by atomic mass is 14.9. The van der Waals surface area contributed by atoms with Crippen LogP contribution in [0.4, 0.5) is 0 Å². The number of hydrogen-bond acceptors (Lipinski definition) is 2. The highest BCUT2D eigenvalue weighted by Gasteiger charge is 2.05. The average molecular weight is 132 g/mol. The molecule has 0 radical (unpaired) electrons. The maximum Gasteiger partial charge on any atom is 0.0857 e. The first-order valence-corrected chi connectivity index (χ1v) is 3.33. The third-order valence-corrected chi connectivity index (χ3v) is 1.52. The van der Waals surface area contributed by atoms with Crippen LogP contribution >= 0.6 is 0 Å². The molecule has 0 unspecified atom stereocenters. The zero-order chi connectivity index (χ0) is 6.81. The Morgan fingerprint density at radius 3 is 3.40 bits per heavy atom. The molecule has 2 aliphatic rings. The average Bonchev–Trinajstić information content (AvgIpc) is 2.05. The third kappa shape index (κ3) is 0.778. The Kier molecular flexibility index (Phi) is 1.17. The van der Waals surface area contributed by atoms with Crippen molar-refractivity contribution in [2.24, 2.45) is 4.99 Å². The summed E-state index contributed by atoms with van der Waals surface area (Å²) in [6, 6.07) is 0. The van der Waals surface area contributed by atoms with E-state index in [0.29, 0.717) is 0 Å². The molecule has 0 bridgehead atoms. The van der Waals surface area contributed by atoms with E-state index >= 15 is 0 Å². The van der Waals surface area contributed by atoms with Gasteiger partial charge in [-0.2, -0.15) is 0 Å². The standard InChI is InChI=1S/C8H8N2/c1-3-7-8(9-5-1)4-2-6-10-7/h1,3-6,9H,2H2. The van der Waals surface area contributed by atoms with Crippen LogP contribution in [-0.4, -0.2) is 6.21 Å². The number of allylic oxidation sites excluding steroid dienone is 3. The van der Waals surface area contributed by atoms with E-state index in [1.807, 2.05) is 24.6 Å². The van der Waals surface area contributed by atoms with Crippen LogP contribution in [0.1, 0.15) is 6.42 Å². The Hall–Kier alpha value is -1.31. The number of fused-ring (bicyclic) bond motifs is 1. The normalized spacial score (nSPS) is 20.8. The third-order valence-electron chi connectivity index (χ3n) is 1.52. The van der Waals surface area contributed by atoms with Gasteiger partial charge in [0, 0.05) is 18.8 Å². The zero-order valence-corrected chi connectivity index (χ0v) is 5.54. The molecule has 0 aliphatic carbocycles.